The van der Waals surface area contributed by atoms with E-state index in [1.54, 1.807) is 30.1 Å². The lowest BCUT2D eigenvalue weighted by Crippen LogP contribution is -2.26. The summed E-state index contributed by atoms with van der Waals surface area (Å²) in [4.78, 5) is 30.5. The third kappa shape index (κ3) is 5.21. The fraction of sp³-hybridized carbons (Fsp3) is 0.125. The lowest BCUT2D eigenvalue weighted by Gasteiger charge is -2.18. The van der Waals surface area contributed by atoms with E-state index < -0.39 is 0 Å². The monoisotopic (exact) mass is 502 g/mol. The molecule has 0 spiro atoms. The Morgan fingerprint density at radius 1 is 0.789 bits per heavy atom. The molecule has 2 N–H and O–H groups in total. The van der Waals surface area contributed by atoms with Crippen LogP contribution in [0.4, 0.5) is 17.1 Å². The summed E-state index contributed by atoms with van der Waals surface area (Å²) >= 11 is 0. The summed E-state index contributed by atoms with van der Waals surface area (Å²) in [7, 11) is 5.82. The van der Waals surface area contributed by atoms with Gasteiger partial charge in [0.15, 0.2) is 0 Å². The fourth-order valence-corrected chi connectivity index (χ4v) is 4.65. The van der Waals surface area contributed by atoms with Crippen molar-refractivity contribution < 1.29 is 9.59 Å². The Bertz CT molecular complexity index is 1510. The van der Waals surface area contributed by atoms with Gasteiger partial charge in [-0.15, -0.1) is 0 Å². The van der Waals surface area contributed by atoms with E-state index in [1.165, 1.54) is 0 Å². The van der Waals surface area contributed by atoms with E-state index in [1.807, 2.05) is 86.9 Å². The first-order chi connectivity index (χ1) is 18.4. The SMILES string of the molecule is CN(C)Cc1cccc(N/C(=C2\C(=O)Nc3ccc(C(=O)N(C)c4ccccc4)cc32)c2ccccc2)c1. The standard InChI is InChI=1S/C32H30N4O2/c1-35(2)21-22-11-10-14-25(19-22)33-30(23-12-6-4-7-13-23)29-27-20-24(17-18-28(27)34-31(29)37)32(38)36(3)26-15-8-5-9-16-26/h4-20,33H,21H2,1-3H3,(H,34,37)/b30-29-. The van der Waals surface area contributed by atoms with Crippen LogP contribution < -0.4 is 15.5 Å². The zero-order valence-corrected chi connectivity index (χ0v) is 21.7. The molecular weight excluding hydrogens is 472 g/mol. The second kappa shape index (κ2) is 10.7. The molecule has 4 aromatic rings. The average Bonchev–Trinajstić information content (AvgIpc) is 3.26. The Balaban J connectivity index is 1.59. The zero-order chi connectivity index (χ0) is 26.6. The van der Waals surface area contributed by atoms with Crippen LogP contribution in [0.25, 0.3) is 11.3 Å². The smallest absolute Gasteiger partial charge is 0.258 e. The number of hydrogen-bond donors (Lipinski definition) is 2. The Hall–Kier alpha value is -4.68. The maximum absolute atomic E-state index is 13.4. The summed E-state index contributed by atoms with van der Waals surface area (Å²) in [6.45, 7) is 0.802. The third-order valence-corrected chi connectivity index (χ3v) is 6.47. The van der Waals surface area contributed by atoms with Crippen molar-refractivity contribution in [3.63, 3.8) is 0 Å². The van der Waals surface area contributed by atoms with E-state index in [2.05, 4.69) is 27.7 Å². The summed E-state index contributed by atoms with van der Waals surface area (Å²) < 4.78 is 0. The summed E-state index contributed by atoms with van der Waals surface area (Å²) in [6, 6.07) is 32.8. The van der Waals surface area contributed by atoms with Gasteiger partial charge in [0.2, 0.25) is 0 Å². The van der Waals surface area contributed by atoms with Crippen LogP contribution in [-0.4, -0.2) is 37.9 Å². The Kier molecular flexibility index (Phi) is 7.07. The topological polar surface area (TPSA) is 64.7 Å². The highest BCUT2D eigenvalue weighted by Gasteiger charge is 2.30. The van der Waals surface area contributed by atoms with Crippen LogP contribution in [0.15, 0.2) is 103 Å². The Morgan fingerprint density at radius 3 is 2.21 bits per heavy atom. The van der Waals surface area contributed by atoms with Gasteiger partial charge in [0.05, 0.1) is 11.3 Å². The van der Waals surface area contributed by atoms with Gasteiger partial charge in [-0.3, -0.25) is 9.59 Å². The molecule has 1 aliphatic rings. The van der Waals surface area contributed by atoms with E-state index in [0.29, 0.717) is 28.1 Å². The van der Waals surface area contributed by atoms with Crippen LogP contribution in [-0.2, 0) is 11.3 Å². The van der Waals surface area contributed by atoms with Crippen LogP contribution in [0.5, 0.6) is 0 Å². The number of nitrogens with zero attached hydrogens (tertiary/aromatic N) is 2. The molecule has 0 saturated carbocycles. The van der Waals surface area contributed by atoms with Crippen LogP contribution in [0.2, 0.25) is 0 Å². The quantitative estimate of drug-likeness (QED) is 0.306. The maximum Gasteiger partial charge on any atom is 0.258 e. The van der Waals surface area contributed by atoms with E-state index in [4.69, 9.17) is 0 Å². The molecule has 0 aromatic heterocycles. The Morgan fingerprint density at radius 2 is 1.50 bits per heavy atom. The van der Waals surface area contributed by atoms with Gasteiger partial charge in [0.25, 0.3) is 11.8 Å². The van der Waals surface area contributed by atoms with Crippen molar-refractivity contribution in [2.45, 2.75) is 6.54 Å². The van der Waals surface area contributed by atoms with Crippen molar-refractivity contribution in [3.05, 3.63) is 125 Å². The number of benzene rings is 4. The number of carbonyl (C=O) groups is 2. The summed E-state index contributed by atoms with van der Waals surface area (Å²) in [5.74, 6) is -0.361. The van der Waals surface area contributed by atoms with Gasteiger partial charge in [-0.25, -0.2) is 0 Å². The molecule has 0 atom stereocenters. The number of nitrogens with one attached hydrogen (secondary N) is 2. The van der Waals surface area contributed by atoms with E-state index in [-0.39, 0.29) is 11.8 Å². The molecule has 0 bridgehead atoms. The van der Waals surface area contributed by atoms with Crippen molar-refractivity contribution in [1.29, 1.82) is 0 Å². The highest BCUT2D eigenvalue weighted by Crippen LogP contribution is 2.38. The molecule has 6 heteroatoms. The van der Waals surface area contributed by atoms with E-state index in [9.17, 15) is 9.59 Å². The molecule has 1 heterocycles. The van der Waals surface area contributed by atoms with Gasteiger partial charge in [0, 0.05) is 41.8 Å². The van der Waals surface area contributed by atoms with Gasteiger partial charge in [-0.05, 0) is 67.7 Å². The molecule has 5 rings (SSSR count). The number of amides is 2. The van der Waals surface area contributed by atoms with Crippen molar-refractivity contribution in [2.24, 2.45) is 0 Å². The number of rotatable bonds is 7. The second-order valence-electron chi connectivity index (χ2n) is 9.59. The average molecular weight is 503 g/mol. The molecule has 38 heavy (non-hydrogen) atoms. The fourth-order valence-electron chi connectivity index (χ4n) is 4.65. The molecule has 0 fully saturated rings. The minimum Gasteiger partial charge on any atom is -0.354 e. The number of fused-ring (bicyclic) bond motifs is 1. The minimum atomic E-state index is -0.211. The molecule has 0 saturated heterocycles. The molecule has 6 nitrogen and oxygen atoms in total. The zero-order valence-electron chi connectivity index (χ0n) is 21.7. The number of anilines is 3. The highest BCUT2D eigenvalue weighted by atomic mass is 16.2. The van der Waals surface area contributed by atoms with Crippen molar-refractivity contribution in [2.75, 3.05) is 36.7 Å². The van der Waals surface area contributed by atoms with Crippen molar-refractivity contribution in [1.82, 2.24) is 4.90 Å². The van der Waals surface area contributed by atoms with Crippen LogP contribution in [0.1, 0.15) is 27.0 Å². The first-order valence-corrected chi connectivity index (χ1v) is 12.5. The highest BCUT2D eigenvalue weighted by molar-refractivity contribution is 6.37. The number of para-hydroxylation sites is 1. The summed E-state index contributed by atoms with van der Waals surface area (Å²) in [6.07, 6.45) is 0. The first-order valence-electron chi connectivity index (χ1n) is 12.5. The van der Waals surface area contributed by atoms with Crippen LogP contribution in [0.3, 0.4) is 0 Å². The largest absolute Gasteiger partial charge is 0.354 e. The second-order valence-corrected chi connectivity index (χ2v) is 9.59. The summed E-state index contributed by atoms with van der Waals surface area (Å²) in [5, 5.41) is 6.50. The normalized spacial score (nSPS) is 13.6. The van der Waals surface area contributed by atoms with Crippen molar-refractivity contribution >= 4 is 40.1 Å². The minimum absolute atomic E-state index is 0.150. The Labute approximate surface area is 223 Å². The lowest BCUT2D eigenvalue weighted by atomic mass is 9.98. The molecule has 190 valence electrons. The molecule has 4 aromatic carbocycles. The molecule has 2 amide bonds. The number of carbonyl (C=O) groups excluding carboxylic acids is 2. The van der Waals surface area contributed by atoms with Gasteiger partial charge in [0.1, 0.15) is 0 Å². The van der Waals surface area contributed by atoms with Gasteiger partial charge >= 0.3 is 0 Å². The van der Waals surface area contributed by atoms with Crippen molar-refractivity contribution in [3.8, 4) is 0 Å². The van der Waals surface area contributed by atoms with Crippen LogP contribution >= 0.6 is 0 Å². The molecule has 0 aliphatic carbocycles. The van der Waals surface area contributed by atoms with Crippen LogP contribution in [0, 0.1) is 0 Å². The number of hydrogen-bond acceptors (Lipinski definition) is 4. The first kappa shape index (κ1) is 25.0. The molecular formula is C32H30N4O2. The van der Waals surface area contributed by atoms with E-state index in [0.717, 1.165) is 29.0 Å². The predicted octanol–water partition coefficient (Wildman–Crippen LogP) is 5.96. The van der Waals surface area contributed by atoms with Gasteiger partial charge in [-0.2, -0.15) is 0 Å². The van der Waals surface area contributed by atoms with E-state index >= 15 is 0 Å². The lowest BCUT2D eigenvalue weighted by molar-refractivity contribution is -0.110. The predicted molar refractivity (Wildman–Crippen MR) is 155 cm³/mol. The maximum atomic E-state index is 13.4. The molecule has 0 radical (unpaired) electrons. The summed E-state index contributed by atoms with van der Waals surface area (Å²) in [5.41, 5.74) is 6.78. The molecule has 0 unspecified atom stereocenters. The molecule has 1 aliphatic heterocycles. The third-order valence-electron chi connectivity index (χ3n) is 6.47. The van der Waals surface area contributed by atoms with Gasteiger partial charge < -0.3 is 20.4 Å². The van der Waals surface area contributed by atoms with Gasteiger partial charge in [-0.1, -0.05) is 60.7 Å².